The molecule has 2 heteroatoms. The normalized spacial score (nSPS) is 22.2. The van der Waals surface area contributed by atoms with Gasteiger partial charge in [0.05, 0.1) is 0 Å². The lowest BCUT2D eigenvalue weighted by Crippen LogP contribution is -2.47. The van der Waals surface area contributed by atoms with Crippen LogP contribution in [-0.2, 0) is 4.74 Å². The van der Waals surface area contributed by atoms with Gasteiger partial charge in [-0.3, -0.25) is 0 Å². The van der Waals surface area contributed by atoms with Crippen LogP contribution < -0.4 is 5.32 Å². The summed E-state index contributed by atoms with van der Waals surface area (Å²) in [5.41, 5.74) is 0. The summed E-state index contributed by atoms with van der Waals surface area (Å²) in [5, 5.41) is 3.28. The van der Waals surface area contributed by atoms with Crippen LogP contribution in [0.2, 0.25) is 0 Å². The zero-order valence-electron chi connectivity index (χ0n) is 6.89. The van der Waals surface area contributed by atoms with Gasteiger partial charge in [0, 0.05) is 13.7 Å². The number of methoxy groups -OCH3 is 1. The first-order chi connectivity index (χ1) is 4.88. The minimum Gasteiger partial charge on any atom is -0.384 e. The van der Waals surface area contributed by atoms with E-state index in [1.807, 2.05) is 0 Å². The molecular formula is C8H17NO. The summed E-state index contributed by atoms with van der Waals surface area (Å²) >= 11 is 0. The van der Waals surface area contributed by atoms with Gasteiger partial charge >= 0.3 is 0 Å². The Morgan fingerprint density at radius 3 is 2.60 bits per heavy atom. The van der Waals surface area contributed by atoms with Gasteiger partial charge in [-0.05, 0) is 24.9 Å². The van der Waals surface area contributed by atoms with E-state index in [2.05, 4.69) is 12.2 Å². The van der Waals surface area contributed by atoms with Gasteiger partial charge in [0.25, 0.3) is 0 Å². The Balaban J connectivity index is 2.17. The van der Waals surface area contributed by atoms with E-state index < -0.39 is 0 Å². The lowest BCUT2D eigenvalue weighted by atomic mass is 9.86. The van der Waals surface area contributed by atoms with E-state index in [9.17, 15) is 0 Å². The summed E-state index contributed by atoms with van der Waals surface area (Å²) < 4.78 is 5.12. The Bertz CT molecular complexity index is 91.3. The molecule has 0 aliphatic carbocycles. The minimum absolute atomic E-state index is 0.784. The standard InChI is InChI=1S/C8H17NO/c1-3-7(6-10-2)8-4-9-5-8/h7-9H,3-6H2,1-2H3. The Kier molecular flexibility index (Phi) is 3.16. The van der Waals surface area contributed by atoms with Crippen LogP contribution in [0.15, 0.2) is 0 Å². The van der Waals surface area contributed by atoms with E-state index >= 15 is 0 Å². The first-order valence-electron chi connectivity index (χ1n) is 4.08. The molecule has 1 N–H and O–H groups in total. The van der Waals surface area contributed by atoms with Crippen LogP contribution in [0, 0.1) is 11.8 Å². The van der Waals surface area contributed by atoms with Crippen molar-refractivity contribution < 1.29 is 4.74 Å². The molecule has 0 spiro atoms. The highest BCUT2D eigenvalue weighted by Crippen LogP contribution is 2.19. The number of hydrogen-bond acceptors (Lipinski definition) is 2. The van der Waals surface area contributed by atoms with Crippen molar-refractivity contribution in [1.29, 1.82) is 0 Å². The second-order valence-electron chi connectivity index (χ2n) is 3.04. The van der Waals surface area contributed by atoms with Gasteiger partial charge in [0.15, 0.2) is 0 Å². The van der Waals surface area contributed by atoms with Crippen molar-refractivity contribution in [2.24, 2.45) is 11.8 Å². The van der Waals surface area contributed by atoms with Crippen LogP contribution in [0.25, 0.3) is 0 Å². The molecule has 1 heterocycles. The number of rotatable bonds is 4. The third-order valence-electron chi connectivity index (χ3n) is 2.38. The fraction of sp³-hybridized carbons (Fsp3) is 1.00. The maximum atomic E-state index is 5.12. The van der Waals surface area contributed by atoms with E-state index in [4.69, 9.17) is 4.74 Å². The van der Waals surface area contributed by atoms with Crippen molar-refractivity contribution in [1.82, 2.24) is 5.32 Å². The third kappa shape index (κ3) is 1.70. The number of hydrogen-bond donors (Lipinski definition) is 1. The van der Waals surface area contributed by atoms with Crippen LogP contribution in [0.4, 0.5) is 0 Å². The SMILES string of the molecule is CCC(COC)C1CNC1. The molecule has 1 fully saturated rings. The predicted molar refractivity (Wildman–Crippen MR) is 42.0 cm³/mol. The van der Waals surface area contributed by atoms with Gasteiger partial charge in [-0.1, -0.05) is 13.3 Å². The summed E-state index contributed by atoms with van der Waals surface area (Å²) in [6.45, 7) is 5.56. The largest absolute Gasteiger partial charge is 0.384 e. The number of ether oxygens (including phenoxy) is 1. The molecule has 1 aliphatic heterocycles. The molecule has 1 aliphatic rings. The average molecular weight is 143 g/mol. The maximum absolute atomic E-state index is 5.12. The molecule has 0 amide bonds. The topological polar surface area (TPSA) is 21.3 Å². The number of nitrogens with one attached hydrogen (secondary N) is 1. The van der Waals surface area contributed by atoms with Gasteiger partial charge in [0.2, 0.25) is 0 Å². The smallest absolute Gasteiger partial charge is 0.0494 e. The highest BCUT2D eigenvalue weighted by molar-refractivity contribution is 4.80. The zero-order valence-corrected chi connectivity index (χ0v) is 6.89. The van der Waals surface area contributed by atoms with Gasteiger partial charge in [-0.25, -0.2) is 0 Å². The molecule has 0 aromatic heterocycles. The minimum atomic E-state index is 0.784. The molecule has 2 nitrogen and oxygen atoms in total. The van der Waals surface area contributed by atoms with Crippen molar-refractivity contribution in [3.63, 3.8) is 0 Å². The molecule has 1 atom stereocenters. The van der Waals surface area contributed by atoms with Gasteiger partial charge in [0.1, 0.15) is 0 Å². The Morgan fingerprint density at radius 1 is 1.60 bits per heavy atom. The van der Waals surface area contributed by atoms with Crippen molar-refractivity contribution in [3.8, 4) is 0 Å². The molecule has 10 heavy (non-hydrogen) atoms. The van der Waals surface area contributed by atoms with Gasteiger partial charge in [-0.2, -0.15) is 0 Å². The summed E-state index contributed by atoms with van der Waals surface area (Å²) in [6.07, 6.45) is 1.25. The van der Waals surface area contributed by atoms with Crippen LogP contribution in [0.1, 0.15) is 13.3 Å². The van der Waals surface area contributed by atoms with E-state index in [0.29, 0.717) is 0 Å². The Labute approximate surface area is 63.0 Å². The molecule has 0 radical (unpaired) electrons. The molecule has 1 rings (SSSR count). The Morgan fingerprint density at radius 2 is 2.30 bits per heavy atom. The molecule has 1 unspecified atom stereocenters. The first-order valence-corrected chi connectivity index (χ1v) is 4.08. The van der Waals surface area contributed by atoms with Crippen LogP contribution >= 0.6 is 0 Å². The second-order valence-corrected chi connectivity index (χ2v) is 3.04. The second kappa shape index (κ2) is 3.94. The summed E-state index contributed by atoms with van der Waals surface area (Å²) in [6, 6.07) is 0. The van der Waals surface area contributed by atoms with E-state index in [1.165, 1.54) is 19.5 Å². The fourth-order valence-electron chi connectivity index (χ4n) is 1.45. The quantitative estimate of drug-likeness (QED) is 0.630. The van der Waals surface area contributed by atoms with Crippen LogP contribution in [0.5, 0.6) is 0 Å². The molecular weight excluding hydrogens is 126 g/mol. The van der Waals surface area contributed by atoms with Crippen molar-refractivity contribution in [3.05, 3.63) is 0 Å². The average Bonchev–Trinajstić information content (AvgIpc) is 1.83. The molecule has 0 saturated carbocycles. The molecule has 0 aromatic carbocycles. The van der Waals surface area contributed by atoms with Crippen molar-refractivity contribution in [2.75, 3.05) is 26.8 Å². The summed E-state index contributed by atoms with van der Waals surface area (Å²) in [4.78, 5) is 0. The van der Waals surface area contributed by atoms with Gasteiger partial charge in [-0.15, -0.1) is 0 Å². The summed E-state index contributed by atoms with van der Waals surface area (Å²) in [5.74, 6) is 1.66. The molecule has 60 valence electrons. The van der Waals surface area contributed by atoms with E-state index in [1.54, 1.807) is 7.11 Å². The highest BCUT2D eigenvalue weighted by atomic mass is 16.5. The van der Waals surface area contributed by atoms with E-state index in [-0.39, 0.29) is 0 Å². The van der Waals surface area contributed by atoms with E-state index in [0.717, 1.165) is 18.4 Å². The van der Waals surface area contributed by atoms with Crippen molar-refractivity contribution in [2.45, 2.75) is 13.3 Å². The predicted octanol–water partition coefficient (Wildman–Crippen LogP) is 0.878. The molecule has 1 saturated heterocycles. The van der Waals surface area contributed by atoms with Gasteiger partial charge < -0.3 is 10.1 Å². The van der Waals surface area contributed by atoms with Crippen LogP contribution in [-0.4, -0.2) is 26.8 Å². The maximum Gasteiger partial charge on any atom is 0.0494 e. The molecule has 0 bridgehead atoms. The lowest BCUT2D eigenvalue weighted by molar-refractivity contribution is 0.0961. The fourth-order valence-corrected chi connectivity index (χ4v) is 1.45. The first kappa shape index (κ1) is 8.02. The van der Waals surface area contributed by atoms with Crippen LogP contribution in [0.3, 0.4) is 0 Å². The Hall–Kier alpha value is -0.0800. The molecule has 0 aromatic rings. The monoisotopic (exact) mass is 143 g/mol. The third-order valence-corrected chi connectivity index (χ3v) is 2.38. The lowest BCUT2D eigenvalue weighted by Gasteiger charge is -2.33. The summed E-state index contributed by atoms with van der Waals surface area (Å²) in [7, 11) is 1.79. The highest BCUT2D eigenvalue weighted by Gasteiger charge is 2.24. The zero-order chi connectivity index (χ0) is 7.40. The van der Waals surface area contributed by atoms with Crippen molar-refractivity contribution >= 4 is 0 Å².